The molecule has 2 amide bonds. The molecule has 1 aromatic rings. The van der Waals surface area contributed by atoms with E-state index in [1.807, 2.05) is 20.8 Å². The summed E-state index contributed by atoms with van der Waals surface area (Å²) in [5.41, 5.74) is 0.645. The first-order chi connectivity index (χ1) is 10.7. The number of amides is 2. The standard InChI is InChI=1S/C18H27FN2O2/c1-18(2,3)16(13-7-9-14(19)10-8-13)20-17(23)21(4)11-15(22)12-5-6-12/h7-10,12,15-16,22H,5-6,11H2,1-4H3,(H,20,23). The van der Waals surface area contributed by atoms with Crippen molar-refractivity contribution in [1.82, 2.24) is 10.2 Å². The van der Waals surface area contributed by atoms with Gasteiger partial charge in [0.25, 0.3) is 0 Å². The predicted octanol–water partition coefficient (Wildman–Crippen LogP) is 3.33. The van der Waals surface area contributed by atoms with Gasteiger partial charge in [-0.2, -0.15) is 0 Å². The van der Waals surface area contributed by atoms with Crippen molar-refractivity contribution in [3.63, 3.8) is 0 Å². The molecule has 2 N–H and O–H groups in total. The van der Waals surface area contributed by atoms with Crippen LogP contribution >= 0.6 is 0 Å². The third-order valence-electron chi connectivity index (χ3n) is 4.31. The van der Waals surface area contributed by atoms with E-state index in [9.17, 15) is 14.3 Å². The fraction of sp³-hybridized carbons (Fsp3) is 0.611. The van der Waals surface area contributed by atoms with Crippen LogP contribution in [0.2, 0.25) is 0 Å². The van der Waals surface area contributed by atoms with Gasteiger partial charge in [0.05, 0.1) is 12.1 Å². The Balaban J connectivity index is 2.04. The maximum atomic E-state index is 13.1. The largest absolute Gasteiger partial charge is 0.391 e. The lowest BCUT2D eigenvalue weighted by atomic mass is 9.82. The molecule has 2 atom stereocenters. The second-order valence-electron chi connectivity index (χ2n) is 7.59. The third kappa shape index (κ3) is 4.93. The van der Waals surface area contributed by atoms with Crippen LogP contribution in [0.15, 0.2) is 24.3 Å². The highest BCUT2D eigenvalue weighted by molar-refractivity contribution is 5.74. The van der Waals surface area contributed by atoms with Crippen molar-refractivity contribution < 1.29 is 14.3 Å². The number of nitrogens with zero attached hydrogens (tertiary/aromatic N) is 1. The summed E-state index contributed by atoms with van der Waals surface area (Å²) in [6.45, 7) is 6.41. The van der Waals surface area contributed by atoms with Gasteiger partial charge in [-0.1, -0.05) is 32.9 Å². The first kappa shape index (κ1) is 17.7. The number of aliphatic hydroxyl groups excluding tert-OH is 1. The minimum absolute atomic E-state index is 0.219. The van der Waals surface area contributed by atoms with Gasteiger partial charge in [-0.15, -0.1) is 0 Å². The maximum Gasteiger partial charge on any atom is 0.317 e. The van der Waals surface area contributed by atoms with E-state index in [2.05, 4.69) is 5.32 Å². The Morgan fingerprint density at radius 2 is 1.91 bits per heavy atom. The van der Waals surface area contributed by atoms with Crippen LogP contribution in [0.1, 0.15) is 45.2 Å². The molecule has 23 heavy (non-hydrogen) atoms. The van der Waals surface area contributed by atoms with Crippen LogP contribution in [-0.4, -0.2) is 35.7 Å². The van der Waals surface area contributed by atoms with E-state index in [0.29, 0.717) is 12.5 Å². The number of rotatable bonds is 5. The van der Waals surface area contributed by atoms with Crippen LogP contribution in [0.4, 0.5) is 9.18 Å². The lowest BCUT2D eigenvalue weighted by molar-refractivity contribution is 0.110. The Kier molecular flexibility index (Phi) is 5.30. The fourth-order valence-electron chi connectivity index (χ4n) is 2.68. The van der Waals surface area contributed by atoms with Gasteiger partial charge in [-0.3, -0.25) is 0 Å². The number of aliphatic hydroxyl groups is 1. The van der Waals surface area contributed by atoms with Crippen molar-refractivity contribution in [1.29, 1.82) is 0 Å². The summed E-state index contributed by atoms with van der Waals surface area (Å²) in [5.74, 6) is 0.0400. The molecule has 1 saturated carbocycles. The van der Waals surface area contributed by atoms with Crippen molar-refractivity contribution in [2.24, 2.45) is 11.3 Å². The van der Waals surface area contributed by atoms with Crippen LogP contribution in [0.3, 0.4) is 0 Å². The molecule has 5 heteroatoms. The SMILES string of the molecule is CN(CC(O)C1CC1)C(=O)NC(c1ccc(F)cc1)C(C)(C)C. The molecule has 0 radical (unpaired) electrons. The lowest BCUT2D eigenvalue weighted by Crippen LogP contribution is -2.46. The van der Waals surface area contributed by atoms with E-state index in [1.165, 1.54) is 17.0 Å². The normalized spacial score (nSPS) is 17.5. The molecule has 0 aromatic heterocycles. The van der Waals surface area contributed by atoms with Crippen molar-refractivity contribution in [2.45, 2.75) is 45.8 Å². The number of carbonyl (C=O) groups excluding carboxylic acids is 1. The molecule has 0 heterocycles. The first-order valence-electron chi connectivity index (χ1n) is 8.13. The number of likely N-dealkylation sites (N-methyl/N-ethyl adjacent to an activating group) is 1. The van der Waals surface area contributed by atoms with Gasteiger partial charge < -0.3 is 15.3 Å². The van der Waals surface area contributed by atoms with E-state index in [1.54, 1.807) is 19.2 Å². The van der Waals surface area contributed by atoms with Crippen molar-refractivity contribution in [2.75, 3.05) is 13.6 Å². The van der Waals surface area contributed by atoms with Crippen LogP contribution in [0.25, 0.3) is 0 Å². The fourth-order valence-corrected chi connectivity index (χ4v) is 2.68. The summed E-state index contributed by atoms with van der Waals surface area (Å²) < 4.78 is 13.1. The summed E-state index contributed by atoms with van der Waals surface area (Å²) in [4.78, 5) is 14.0. The number of benzene rings is 1. The zero-order valence-electron chi connectivity index (χ0n) is 14.3. The molecular weight excluding hydrogens is 295 g/mol. The molecule has 128 valence electrons. The minimum atomic E-state index is -0.454. The Hall–Kier alpha value is -1.62. The molecule has 1 aliphatic carbocycles. The van der Waals surface area contributed by atoms with E-state index in [4.69, 9.17) is 0 Å². The van der Waals surface area contributed by atoms with Gasteiger partial charge in [0.2, 0.25) is 0 Å². The molecular formula is C18H27FN2O2. The molecule has 0 spiro atoms. The quantitative estimate of drug-likeness (QED) is 0.874. The number of halogens is 1. The van der Waals surface area contributed by atoms with E-state index in [-0.39, 0.29) is 23.3 Å². The van der Waals surface area contributed by atoms with Gasteiger partial charge in [0, 0.05) is 13.6 Å². The molecule has 4 nitrogen and oxygen atoms in total. The second kappa shape index (κ2) is 6.87. The van der Waals surface area contributed by atoms with Crippen LogP contribution in [0, 0.1) is 17.2 Å². The first-order valence-corrected chi connectivity index (χ1v) is 8.13. The summed E-state index contributed by atoms with van der Waals surface area (Å²) >= 11 is 0. The highest BCUT2D eigenvalue weighted by atomic mass is 19.1. The summed E-state index contributed by atoms with van der Waals surface area (Å²) in [5, 5.41) is 13.0. The lowest BCUT2D eigenvalue weighted by Gasteiger charge is -2.34. The highest BCUT2D eigenvalue weighted by Crippen LogP contribution is 2.34. The number of hydrogen-bond acceptors (Lipinski definition) is 2. The molecule has 0 saturated heterocycles. The van der Waals surface area contributed by atoms with Crippen LogP contribution < -0.4 is 5.32 Å². The van der Waals surface area contributed by atoms with Gasteiger partial charge in [0.1, 0.15) is 5.82 Å². The second-order valence-corrected chi connectivity index (χ2v) is 7.59. The van der Waals surface area contributed by atoms with Crippen LogP contribution in [-0.2, 0) is 0 Å². The zero-order valence-corrected chi connectivity index (χ0v) is 14.3. The van der Waals surface area contributed by atoms with Gasteiger partial charge >= 0.3 is 6.03 Å². The van der Waals surface area contributed by atoms with Crippen molar-refractivity contribution in [3.8, 4) is 0 Å². The molecule has 0 bridgehead atoms. The Labute approximate surface area is 137 Å². The van der Waals surface area contributed by atoms with E-state index in [0.717, 1.165) is 18.4 Å². The number of nitrogens with one attached hydrogen (secondary N) is 1. The molecule has 1 fully saturated rings. The zero-order chi connectivity index (χ0) is 17.2. The van der Waals surface area contributed by atoms with E-state index >= 15 is 0 Å². The molecule has 2 rings (SSSR count). The number of carbonyl (C=O) groups is 1. The maximum absolute atomic E-state index is 13.1. The number of urea groups is 1. The average molecular weight is 322 g/mol. The summed E-state index contributed by atoms with van der Waals surface area (Å²) in [6.07, 6.45) is 1.62. The Morgan fingerprint density at radius 1 is 1.35 bits per heavy atom. The van der Waals surface area contributed by atoms with Gasteiger partial charge in [-0.25, -0.2) is 9.18 Å². The van der Waals surface area contributed by atoms with Crippen molar-refractivity contribution >= 4 is 6.03 Å². The van der Waals surface area contributed by atoms with E-state index < -0.39 is 6.10 Å². The Morgan fingerprint density at radius 3 is 2.39 bits per heavy atom. The minimum Gasteiger partial charge on any atom is -0.391 e. The Bertz CT molecular complexity index is 535. The highest BCUT2D eigenvalue weighted by Gasteiger charge is 2.33. The smallest absolute Gasteiger partial charge is 0.317 e. The molecule has 1 aromatic carbocycles. The topological polar surface area (TPSA) is 52.6 Å². The third-order valence-corrected chi connectivity index (χ3v) is 4.31. The predicted molar refractivity (Wildman–Crippen MR) is 88.5 cm³/mol. The van der Waals surface area contributed by atoms with Crippen LogP contribution in [0.5, 0.6) is 0 Å². The summed E-state index contributed by atoms with van der Waals surface area (Å²) in [6, 6.07) is 5.74. The van der Waals surface area contributed by atoms with Gasteiger partial charge in [-0.05, 0) is 41.9 Å². The van der Waals surface area contributed by atoms with Gasteiger partial charge in [0.15, 0.2) is 0 Å². The molecule has 1 aliphatic rings. The molecule has 2 unspecified atom stereocenters. The number of hydrogen-bond donors (Lipinski definition) is 2. The van der Waals surface area contributed by atoms with Crippen molar-refractivity contribution in [3.05, 3.63) is 35.6 Å². The molecule has 0 aliphatic heterocycles. The summed E-state index contributed by atoms with van der Waals surface area (Å²) in [7, 11) is 1.69. The monoisotopic (exact) mass is 322 g/mol. The average Bonchev–Trinajstić information content (AvgIpc) is 3.29.